The topological polar surface area (TPSA) is 42.4 Å². The van der Waals surface area contributed by atoms with Crippen molar-refractivity contribution in [2.45, 2.75) is 25.3 Å². The van der Waals surface area contributed by atoms with Crippen LogP contribution in [0.4, 0.5) is 0 Å². The molecule has 2 aromatic rings. The van der Waals surface area contributed by atoms with Crippen LogP contribution in [0.2, 0.25) is 0 Å². The Bertz CT molecular complexity index is 625. The highest BCUT2D eigenvalue weighted by molar-refractivity contribution is 5.94. The summed E-state index contributed by atoms with van der Waals surface area (Å²) in [5, 5.41) is 0. The number of carbonyl (C=O) groups excluding carboxylic acids is 1. The predicted octanol–water partition coefficient (Wildman–Crippen LogP) is 3.46. The standard InChI is InChI=1S/C18H20N2O2/c1-22-16-9-7-14(8-10-16)18(21)20-12-3-2-6-17(20)15-5-4-11-19-13-15/h4-5,7-11,13,17H,2-3,6,12H2,1H3. The minimum Gasteiger partial charge on any atom is -0.497 e. The zero-order valence-corrected chi connectivity index (χ0v) is 12.7. The predicted molar refractivity (Wildman–Crippen MR) is 84.9 cm³/mol. The van der Waals surface area contributed by atoms with Gasteiger partial charge in [-0.05, 0) is 55.2 Å². The van der Waals surface area contributed by atoms with Gasteiger partial charge in [-0.15, -0.1) is 0 Å². The van der Waals surface area contributed by atoms with E-state index in [-0.39, 0.29) is 11.9 Å². The van der Waals surface area contributed by atoms with Crippen molar-refractivity contribution < 1.29 is 9.53 Å². The molecule has 4 heteroatoms. The number of likely N-dealkylation sites (tertiary alicyclic amines) is 1. The summed E-state index contributed by atoms with van der Waals surface area (Å²) in [6.45, 7) is 0.796. The number of pyridine rings is 1. The first-order valence-corrected chi connectivity index (χ1v) is 7.64. The van der Waals surface area contributed by atoms with Crippen molar-refractivity contribution in [2.75, 3.05) is 13.7 Å². The van der Waals surface area contributed by atoms with Crippen LogP contribution in [0.25, 0.3) is 0 Å². The van der Waals surface area contributed by atoms with Crippen molar-refractivity contribution in [1.82, 2.24) is 9.88 Å². The van der Waals surface area contributed by atoms with E-state index in [4.69, 9.17) is 4.74 Å². The van der Waals surface area contributed by atoms with Crippen molar-refractivity contribution in [1.29, 1.82) is 0 Å². The van der Waals surface area contributed by atoms with Crippen LogP contribution in [-0.2, 0) is 0 Å². The number of nitrogens with zero attached hydrogens (tertiary/aromatic N) is 2. The van der Waals surface area contributed by atoms with Gasteiger partial charge < -0.3 is 9.64 Å². The summed E-state index contributed by atoms with van der Waals surface area (Å²) in [7, 11) is 1.62. The smallest absolute Gasteiger partial charge is 0.254 e. The van der Waals surface area contributed by atoms with E-state index >= 15 is 0 Å². The fourth-order valence-corrected chi connectivity index (χ4v) is 2.99. The minimum absolute atomic E-state index is 0.0798. The van der Waals surface area contributed by atoms with Crippen molar-refractivity contribution >= 4 is 5.91 Å². The molecule has 0 spiro atoms. The molecule has 1 atom stereocenters. The van der Waals surface area contributed by atoms with Gasteiger partial charge in [-0.2, -0.15) is 0 Å². The average molecular weight is 296 g/mol. The molecule has 1 saturated heterocycles. The Hall–Kier alpha value is -2.36. The number of amides is 1. The second kappa shape index (κ2) is 6.60. The lowest BCUT2D eigenvalue weighted by Crippen LogP contribution is -2.38. The van der Waals surface area contributed by atoms with Gasteiger partial charge in [0.25, 0.3) is 5.91 Å². The average Bonchev–Trinajstić information content (AvgIpc) is 2.62. The summed E-state index contributed by atoms with van der Waals surface area (Å²) in [4.78, 5) is 19.0. The molecule has 1 aromatic carbocycles. The van der Waals surface area contributed by atoms with Gasteiger partial charge in [0.1, 0.15) is 5.75 Å². The fraction of sp³-hybridized carbons (Fsp3) is 0.333. The van der Waals surface area contributed by atoms with E-state index in [1.165, 1.54) is 0 Å². The van der Waals surface area contributed by atoms with Crippen LogP contribution in [-0.4, -0.2) is 29.4 Å². The quantitative estimate of drug-likeness (QED) is 0.871. The highest BCUT2D eigenvalue weighted by atomic mass is 16.5. The van der Waals surface area contributed by atoms with Gasteiger partial charge >= 0.3 is 0 Å². The number of rotatable bonds is 3. The van der Waals surface area contributed by atoms with Crippen LogP contribution in [0.5, 0.6) is 5.75 Å². The maximum atomic E-state index is 12.8. The first kappa shape index (κ1) is 14.6. The first-order valence-electron chi connectivity index (χ1n) is 7.64. The van der Waals surface area contributed by atoms with Gasteiger partial charge in [0.2, 0.25) is 0 Å². The van der Waals surface area contributed by atoms with Crippen LogP contribution in [0, 0.1) is 0 Å². The Labute approximate surface area is 130 Å². The molecule has 1 amide bonds. The number of benzene rings is 1. The summed E-state index contributed by atoms with van der Waals surface area (Å²) in [5.74, 6) is 0.843. The zero-order valence-electron chi connectivity index (χ0n) is 12.7. The Balaban J connectivity index is 1.85. The van der Waals surface area contributed by atoms with E-state index in [1.54, 1.807) is 13.3 Å². The molecule has 22 heavy (non-hydrogen) atoms. The van der Waals surface area contributed by atoms with Crippen molar-refractivity contribution in [3.63, 3.8) is 0 Å². The second-order valence-corrected chi connectivity index (χ2v) is 5.52. The second-order valence-electron chi connectivity index (χ2n) is 5.52. The monoisotopic (exact) mass is 296 g/mol. The van der Waals surface area contributed by atoms with Crippen molar-refractivity contribution in [3.05, 3.63) is 59.9 Å². The maximum Gasteiger partial charge on any atom is 0.254 e. The molecule has 4 nitrogen and oxygen atoms in total. The van der Waals surface area contributed by atoms with Gasteiger partial charge in [-0.1, -0.05) is 6.07 Å². The van der Waals surface area contributed by atoms with Crippen LogP contribution in [0.3, 0.4) is 0 Å². The van der Waals surface area contributed by atoms with E-state index in [2.05, 4.69) is 11.1 Å². The highest BCUT2D eigenvalue weighted by Gasteiger charge is 2.28. The van der Waals surface area contributed by atoms with Crippen molar-refractivity contribution in [2.24, 2.45) is 0 Å². The SMILES string of the molecule is COc1ccc(C(=O)N2CCCCC2c2cccnc2)cc1. The molecule has 114 valence electrons. The van der Waals surface area contributed by atoms with Crippen LogP contribution < -0.4 is 4.74 Å². The van der Waals surface area contributed by atoms with Gasteiger partial charge in [0.05, 0.1) is 13.2 Å². The van der Waals surface area contributed by atoms with E-state index < -0.39 is 0 Å². The highest BCUT2D eigenvalue weighted by Crippen LogP contribution is 2.31. The summed E-state index contributed by atoms with van der Waals surface area (Å²) in [5.41, 5.74) is 1.82. The third kappa shape index (κ3) is 2.96. The van der Waals surface area contributed by atoms with Gasteiger partial charge in [-0.3, -0.25) is 9.78 Å². The molecule has 1 aliphatic rings. The third-order valence-electron chi connectivity index (χ3n) is 4.17. The molecule has 2 heterocycles. The lowest BCUT2D eigenvalue weighted by molar-refractivity contribution is 0.0611. The molecular formula is C18H20N2O2. The molecule has 0 N–H and O–H groups in total. The Morgan fingerprint density at radius 2 is 2.05 bits per heavy atom. The first-order chi connectivity index (χ1) is 10.8. The van der Waals surface area contributed by atoms with E-state index in [1.807, 2.05) is 41.4 Å². The molecule has 1 fully saturated rings. The van der Waals surface area contributed by atoms with Crippen LogP contribution in [0.1, 0.15) is 41.2 Å². The number of piperidine rings is 1. The molecule has 0 bridgehead atoms. The van der Waals surface area contributed by atoms with Crippen molar-refractivity contribution in [3.8, 4) is 5.75 Å². The summed E-state index contributed by atoms with van der Waals surface area (Å²) >= 11 is 0. The molecule has 1 unspecified atom stereocenters. The molecule has 3 rings (SSSR count). The molecule has 0 saturated carbocycles. The maximum absolute atomic E-state index is 12.8. The fourth-order valence-electron chi connectivity index (χ4n) is 2.99. The third-order valence-corrected chi connectivity index (χ3v) is 4.17. The Kier molecular flexibility index (Phi) is 4.37. The van der Waals surface area contributed by atoms with Gasteiger partial charge in [-0.25, -0.2) is 0 Å². The Morgan fingerprint density at radius 3 is 2.73 bits per heavy atom. The molecular weight excluding hydrogens is 276 g/mol. The van der Waals surface area contributed by atoms with Crippen LogP contribution in [0.15, 0.2) is 48.8 Å². The number of carbonyl (C=O) groups is 1. The van der Waals surface area contributed by atoms with Gasteiger partial charge in [0.15, 0.2) is 0 Å². The number of aromatic nitrogens is 1. The molecule has 1 aliphatic heterocycles. The number of hydrogen-bond acceptors (Lipinski definition) is 3. The Morgan fingerprint density at radius 1 is 1.23 bits per heavy atom. The largest absolute Gasteiger partial charge is 0.497 e. The number of ether oxygens (including phenoxy) is 1. The molecule has 0 aliphatic carbocycles. The zero-order chi connectivity index (χ0) is 15.4. The normalized spacial score (nSPS) is 18.0. The van der Waals surface area contributed by atoms with E-state index in [0.29, 0.717) is 5.56 Å². The molecule has 0 radical (unpaired) electrons. The number of methoxy groups -OCH3 is 1. The van der Waals surface area contributed by atoms with Crippen LogP contribution >= 0.6 is 0 Å². The summed E-state index contributed by atoms with van der Waals surface area (Å²) in [6.07, 6.45) is 6.82. The lowest BCUT2D eigenvalue weighted by Gasteiger charge is -2.36. The number of hydrogen-bond donors (Lipinski definition) is 0. The molecule has 1 aromatic heterocycles. The summed E-state index contributed by atoms with van der Waals surface area (Å²) < 4.78 is 5.15. The lowest BCUT2D eigenvalue weighted by atomic mass is 9.95. The minimum atomic E-state index is 0.0798. The van der Waals surface area contributed by atoms with Gasteiger partial charge in [0, 0.05) is 24.5 Å². The van der Waals surface area contributed by atoms with E-state index in [9.17, 15) is 4.79 Å². The van der Waals surface area contributed by atoms with E-state index in [0.717, 1.165) is 37.1 Å². The summed E-state index contributed by atoms with van der Waals surface area (Å²) in [6, 6.07) is 11.4.